The molecule has 0 aliphatic rings. The van der Waals surface area contributed by atoms with Crippen LogP contribution in [-0.4, -0.2) is 12.9 Å². The molecule has 0 heterocycles. The first-order valence-corrected chi connectivity index (χ1v) is 5.78. The van der Waals surface area contributed by atoms with Crippen molar-refractivity contribution in [2.24, 2.45) is 0 Å². The lowest BCUT2D eigenvalue weighted by atomic mass is 10.0. The van der Waals surface area contributed by atoms with Crippen molar-refractivity contribution >= 4 is 5.78 Å². The molecule has 5 heteroatoms. The van der Waals surface area contributed by atoms with Gasteiger partial charge in [0.25, 0.3) is 0 Å². The van der Waals surface area contributed by atoms with Crippen LogP contribution in [0.1, 0.15) is 17.3 Å². The zero-order valence-electron chi connectivity index (χ0n) is 10.8. The summed E-state index contributed by atoms with van der Waals surface area (Å²) < 4.78 is 44.4. The number of benzene rings is 2. The Balaban J connectivity index is 2.59. The number of methoxy groups -OCH3 is 1. The van der Waals surface area contributed by atoms with Gasteiger partial charge in [-0.2, -0.15) is 0 Å². The highest BCUT2D eigenvalue weighted by Gasteiger charge is 2.14. The SMILES string of the molecule is COc1ccc(-c2cc(F)c(F)c(F)c2)cc1C(C)=O. The minimum absolute atomic E-state index is 0.145. The lowest BCUT2D eigenvalue weighted by Gasteiger charge is -2.09. The minimum atomic E-state index is -1.52. The monoisotopic (exact) mass is 280 g/mol. The largest absolute Gasteiger partial charge is 0.496 e. The van der Waals surface area contributed by atoms with Gasteiger partial charge in [0.2, 0.25) is 0 Å². The van der Waals surface area contributed by atoms with Gasteiger partial charge in [0, 0.05) is 0 Å². The van der Waals surface area contributed by atoms with Crippen LogP contribution in [0.4, 0.5) is 13.2 Å². The summed E-state index contributed by atoms with van der Waals surface area (Å²) in [5.41, 5.74) is 0.829. The lowest BCUT2D eigenvalue weighted by Crippen LogP contribution is -1.98. The molecular weight excluding hydrogens is 269 g/mol. The fraction of sp³-hybridized carbons (Fsp3) is 0.133. The third-order valence-corrected chi connectivity index (χ3v) is 2.90. The average Bonchev–Trinajstić information content (AvgIpc) is 2.43. The molecule has 0 atom stereocenters. The second-order valence-electron chi connectivity index (χ2n) is 4.23. The van der Waals surface area contributed by atoms with Crippen molar-refractivity contribution in [2.45, 2.75) is 6.92 Å². The van der Waals surface area contributed by atoms with Crippen LogP contribution >= 0.6 is 0 Å². The van der Waals surface area contributed by atoms with Crippen LogP contribution in [0.5, 0.6) is 5.75 Å². The topological polar surface area (TPSA) is 26.3 Å². The number of ketones is 1. The van der Waals surface area contributed by atoms with Crippen molar-refractivity contribution in [1.29, 1.82) is 0 Å². The van der Waals surface area contributed by atoms with E-state index in [0.29, 0.717) is 11.3 Å². The average molecular weight is 280 g/mol. The minimum Gasteiger partial charge on any atom is -0.496 e. The summed E-state index contributed by atoms with van der Waals surface area (Å²) in [7, 11) is 1.42. The van der Waals surface area contributed by atoms with Crippen molar-refractivity contribution in [1.82, 2.24) is 0 Å². The number of halogens is 3. The summed E-state index contributed by atoms with van der Waals surface area (Å²) in [6.45, 7) is 1.35. The highest BCUT2D eigenvalue weighted by Crippen LogP contribution is 2.28. The normalized spacial score (nSPS) is 10.4. The molecule has 0 fully saturated rings. The molecule has 0 unspecified atom stereocenters. The quantitative estimate of drug-likeness (QED) is 0.628. The van der Waals surface area contributed by atoms with E-state index in [0.717, 1.165) is 12.1 Å². The smallest absolute Gasteiger partial charge is 0.194 e. The third-order valence-electron chi connectivity index (χ3n) is 2.90. The highest BCUT2D eigenvalue weighted by atomic mass is 19.2. The summed E-state index contributed by atoms with van der Waals surface area (Å²) >= 11 is 0. The van der Waals surface area contributed by atoms with Crippen molar-refractivity contribution in [3.8, 4) is 16.9 Å². The van der Waals surface area contributed by atoms with Crippen LogP contribution in [0.15, 0.2) is 30.3 Å². The zero-order valence-corrected chi connectivity index (χ0v) is 10.8. The van der Waals surface area contributed by atoms with Crippen LogP contribution in [0, 0.1) is 17.5 Å². The van der Waals surface area contributed by atoms with Crippen LogP contribution in [0.25, 0.3) is 11.1 Å². The maximum absolute atomic E-state index is 13.2. The predicted molar refractivity (Wildman–Crippen MR) is 68.3 cm³/mol. The van der Waals surface area contributed by atoms with E-state index in [9.17, 15) is 18.0 Å². The highest BCUT2D eigenvalue weighted by molar-refractivity contribution is 5.98. The van der Waals surface area contributed by atoms with Crippen molar-refractivity contribution < 1.29 is 22.7 Å². The van der Waals surface area contributed by atoms with Gasteiger partial charge in [-0.3, -0.25) is 4.79 Å². The Morgan fingerprint density at radius 2 is 1.60 bits per heavy atom. The molecule has 0 saturated carbocycles. The first-order valence-electron chi connectivity index (χ1n) is 5.78. The van der Waals surface area contributed by atoms with E-state index in [1.165, 1.54) is 32.2 Å². The molecule has 0 aliphatic carbocycles. The molecule has 2 aromatic rings. The number of hydrogen-bond donors (Lipinski definition) is 0. The molecule has 0 saturated heterocycles. The molecule has 0 spiro atoms. The van der Waals surface area contributed by atoms with Crippen molar-refractivity contribution in [3.63, 3.8) is 0 Å². The first kappa shape index (κ1) is 14.1. The molecule has 0 aromatic heterocycles. The maximum Gasteiger partial charge on any atom is 0.194 e. The Hall–Kier alpha value is -2.30. The Kier molecular flexibility index (Phi) is 3.79. The summed E-state index contributed by atoms with van der Waals surface area (Å²) in [6.07, 6.45) is 0. The number of carbonyl (C=O) groups is 1. The van der Waals surface area contributed by atoms with Crippen LogP contribution in [-0.2, 0) is 0 Å². The summed E-state index contributed by atoms with van der Waals surface area (Å²) in [5, 5.41) is 0. The fourth-order valence-corrected chi connectivity index (χ4v) is 1.88. The number of rotatable bonds is 3. The molecular formula is C15H11F3O2. The van der Waals surface area contributed by atoms with Gasteiger partial charge >= 0.3 is 0 Å². The van der Waals surface area contributed by atoms with E-state index in [1.54, 1.807) is 0 Å². The van der Waals surface area contributed by atoms with E-state index >= 15 is 0 Å². The number of ether oxygens (including phenoxy) is 1. The third kappa shape index (κ3) is 2.52. The van der Waals surface area contributed by atoms with Gasteiger partial charge in [-0.15, -0.1) is 0 Å². The Morgan fingerprint density at radius 1 is 1.00 bits per heavy atom. The van der Waals surface area contributed by atoms with Crippen LogP contribution in [0.2, 0.25) is 0 Å². The summed E-state index contributed by atoms with van der Waals surface area (Å²) in [4.78, 5) is 11.5. The Bertz CT molecular complexity index is 658. The molecule has 2 nitrogen and oxygen atoms in total. The Labute approximate surface area is 113 Å². The zero-order chi connectivity index (χ0) is 14.9. The fourth-order valence-electron chi connectivity index (χ4n) is 1.88. The van der Waals surface area contributed by atoms with Gasteiger partial charge in [-0.25, -0.2) is 13.2 Å². The molecule has 0 radical (unpaired) electrons. The number of carbonyl (C=O) groups excluding carboxylic acids is 1. The van der Waals surface area contributed by atoms with Crippen LogP contribution < -0.4 is 4.74 Å². The van der Waals surface area contributed by atoms with Gasteiger partial charge in [0.1, 0.15) is 5.75 Å². The van der Waals surface area contributed by atoms with E-state index in [4.69, 9.17) is 4.74 Å². The van der Waals surface area contributed by atoms with Crippen LogP contribution in [0.3, 0.4) is 0 Å². The standard InChI is InChI=1S/C15H11F3O2/c1-8(19)11-5-9(3-4-14(11)20-2)10-6-12(16)15(18)13(17)7-10/h3-7H,1-2H3. The molecule has 2 aromatic carbocycles. The first-order chi connectivity index (χ1) is 9.43. The molecule has 0 N–H and O–H groups in total. The molecule has 2 rings (SSSR count). The number of Topliss-reactive ketones (excluding diaryl/α,β-unsaturated/α-hetero) is 1. The Morgan fingerprint density at radius 3 is 2.10 bits per heavy atom. The molecule has 104 valence electrons. The summed E-state index contributed by atoms with van der Waals surface area (Å²) in [5.74, 6) is -3.95. The maximum atomic E-state index is 13.2. The lowest BCUT2D eigenvalue weighted by molar-refractivity contribution is 0.101. The van der Waals surface area contributed by atoms with E-state index < -0.39 is 17.5 Å². The molecule has 0 aliphatic heterocycles. The summed E-state index contributed by atoms with van der Waals surface area (Å²) in [6, 6.07) is 6.27. The van der Waals surface area contributed by atoms with Gasteiger partial charge in [-0.1, -0.05) is 6.07 Å². The van der Waals surface area contributed by atoms with Gasteiger partial charge in [0.15, 0.2) is 23.2 Å². The predicted octanol–water partition coefficient (Wildman–Crippen LogP) is 3.98. The number of hydrogen-bond acceptors (Lipinski definition) is 2. The van der Waals surface area contributed by atoms with Crippen molar-refractivity contribution in [3.05, 3.63) is 53.3 Å². The van der Waals surface area contributed by atoms with E-state index in [2.05, 4.69) is 0 Å². The van der Waals surface area contributed by atoms with Gasteiger partial charge in [-0.05, 0) is 42.3 Å². The van der Waals surface area contributed by atoms with Crippen molar-refractivity contribution in [2.75, 3.05) is 7.11 Å². The second-order valence-corrected chi connectivity index (χ2v) is 4.23. The second kappa shape index (κ2) is 5.36. The van der Waals surface area contributed by atoms with E-state index in [1.807, 2.05) is 0 Å². The van der Waals surface area contributed by atoms with E-state index in [-0.39, 0.29) is 16.9 Å². The van der Waals surface area contributed by atoms with Gasteiger partial charge < -0.3 is 4.74 Å². The van der Waals surface area contributed by atoms with Gasteiger partial charge in [0.05, 0.1) is 12.7 Å². The molecule has 0 amide bonds. The molecule has 0 bridgehead atoms. The molecule has 20 heavy (non-hydrogen) atoms.